The largest absolute Gasteiger partial charge is 2.00 e. The van der Waals surface area contributed by atoms with E-state index in [1.165, 1.54) is 44.5 Å². The van der Waals surface area contributed by atoms with Gasteiger partial charge in [-0.05, 0) is 83.5 Å². The molecule has 0 unspecified atom stereocenters. The number of aromatic nitrogens is 4. The molecule has 0 aliphatic rings. The normalized spacial score (nSPS) is 11.7. The predicted molar refractivity (Wildman–Crippen MR) is 208 cm³/mol. The molecule has 4 heterocycles. The van der Waals surface area contributed by atoms with Crippen molar-refractivity contribution in [3.8, 4) is 33.8 Å². The number of ether oxygens (including phenoxy) is 1. The van der Waals surface area contributed by atoms with Gasteiger partial charge >= 0.3 is 21.1 Å². The summed E-state index contributed by atoms with van der Waals surface area (Å²) < 4.78 is 10.9. The standard InChI is InChI=1S/C46H32N4O.Pt/c1-27-8-5-9-28(2)42(27)31-14-17-36-34-18-15-32(25-39(34)45-47-20-22-49(45)41(36)24-31)51-33-16-19-35-37-12-7-13-38(43-29(3)10-6-11-30(43)4)44(37)50-23-21-48-46(50)40(35)26-33;/h5-24H,1-4H3;/q-2;+2. The Morgan fingerprint density at radius 3 is 1.73 bits per heavy atom. The SMILES string of the molecule is Cc1cccc(C)c1-c1ccc2c3ccc(Oc4[c-]c5c(cc4)c4cccc(-c6c(C)cccc6C)c4n4ccnc54)[c-]c3c3nccn3c2c1.[Pt+2]. The Kier molecular flexibility index (Phi) is 7.53. The monoisotopic (exact) mass is 851 g/mol. The number of imidazole rings is 2. The molecule has 0 amide bonds. The van der Waals surface area contributed by atoms with E-state index in [0.717, 1.165) is 54.6 Å². The van der Waals surface area contributed by atoms with E-state index in [1.54, 1.807) is 0 Å². The van der Waals surface area contributed by atoms with Crippen LogP contribution in [-0.2, 0) is 21.1 Å². The van der Waals surface area contributed by atoms with Gasteiger partial charge in [-0.2, -0.15) is 0 Å². The molecular weight excluding hydrogens is 820 g/mol. The van der Waals surface area contributed by atoms with Crippen LogP contribution in [0.15, 0.2) is 122 Å². The summed E-state index contributed by atoms with van der Waals surface area (Å²) in [6.45, 7) is 8.70. The molecule has 6 aromatic carbocycles. The van der Waals surface area contributed by atoms with E-state index in [0.29, 0.717) is 11.5 Å². The molecule has 0 spiro atoms. The average Bonchev–Trinajstić information content (AvgIpc) is 3.83. The van der Waals surface area contributed by atoms with E-state index in [9.17, 15) is 0 Å². The fraction of sp³-hybridized carbons (Fsp3) is 0.0870. The number of nitrogens with zero attached hydrogens (tertiary/aromatic N) is 4. The van der Waals surface area contributed by atoms with Gasteiger partial charge in [0, 0.05) is 52.9 Å². The summed E-state index contributed by atoms with van der Waals surface area (Å²) >= 11 is 0. The van der Waals surface area contributed by atoms with E-state index >= 15 is 0 Å². The summed E-state index contributed by atoms with van der Waals surface area (Å²) in [6.07, 6.45) is 7.78. The van der Waals surface area contributed by atoms with Crippen molar-refractivity contribution in [3.05, 3.63) is 156 Å². The minimum Gasteiger partial charge on any atom is -0.497 e. The van der Waals surface area contributed by atoms with Gasteiger partial charge in [0.2, 0.25) is 0 Å². The van der Waals surface area contributed by atoms with Crippen molar-refractivity contribution in [2.24, 2.45) is 0 Å². The summed E-state index contributed by atoms with van der Waals surface area (Å²) in [4.78, 5) is 9.59. The van der Waals surface area contributed by atoms with Gasteiger partial charge in [-0.1, -0.05) is 113 Å². The maximum atomic E-state index is 6.51. The molecule has 0 fully saturated rings. The van der Waals surface area contributed by atoms with E-state index in [-0.39, 0.29) is 21.1 Å². The third-order valence-corrected chi connectivity index (χ3v) is 10.4. The van der Waals surface area contributed by atoms with E-state index < -0.39 is 0 Å². The molecule has 0 aliphatic heterocycles. The second-order valence-electron chi connectivity index (χ2n) is 13.5. The van der Waals surface area contributed by atoms with Gasteiger partial charge in [-0.15, -0.1) is 12.1 Å². The van der Waals surface area contributed by atoms with Gasteiger partial charge in [0.15, 0.2) is 0 Å². The molecule has 0 saturated heterocycles. The van der Waals surface area contributed by atoms with E-state index in [4.69, 9.17) is 14.7 Å². The molecule has 6 heteroatoms. The number of rotatable bonds is 4. The van der Waals surface area contributed by atoms with Crippen LogP contribution in [-0.4, -0.2) is 18.8 Å². The topological polar surface area (TPSA) is 43.8 Å². The van der Waals surface area contributed by atoms with Crippen molar-refractivity contribution in [1.82, 2.24) is 18.8 Å². The molecule has 252 valence electrons. The van der Waals surface area contributed by atoms with E-state index in [1.807, 2.05) is 36.9 Å². The minimum absolute atomic E-state index is 0. The van der Waals surface area contributed by atoms with Crippen molar-refractivity contribution < 1.29 is 25.8 Å². The van der Waals surface area contributed by atoms with Crippen LogP contribution < -0.4 is 4.74 Å². The fourth-order valence-corrected chi connectivity index (χ4v) is 8.19. The number of para-hydroxylation sites is 1. The summed E-state index contributed by atoms with van der Waals surface area (Å²) in [5.41, 5.74) is 13.9. The molecule has 10 rings (SSSR count). The molecule has 10 aromatic rings. The van der Waals surface area contributed by atoms with Crippen LogP contribution in [0.5, 0.6) is 11.5 Å². The Labute approximate surface area is 315 Å². The first-order chi connectivity index (χ1) is 24.9. The quantitative estimate of drug-likeness (QED) is 0.131. The molecule has 0 saturated carbocycles. The predicted octanol–water partition coefficient (Wildman–Crippen LogP) is 11.6. The van der Waals surface area contributed by atoms with Crippen LogP contribution in [0.25, 0.3) is 76.9 Å². The second kappa shape index (κ2) is 12.2. The van der Waals surface area contributed by atoms with E-state index in [2.05, 4.69) is 134 Å². The zero-order chi connectivity index (χ0) is 34.4. The number of hydrogen-bond donors (Lipinski definition) is 0. The molecule has 0 bridgehead atoms. The zero-order valence-electron chi connectivity index (χ0n) is 29.1. The van der Waals surface area contributed by atoms with Crippen molar-refractivity contribution in [2.75, 3.05) is 0 Å². The van der Waals surface area contributed by atoms with Crippen molar-refractivity contribution in [3.63, 3.8) is 0 Å². The molecular formula is C46H32N4OPt. The van der Waals surface area contributed by atoms with Crippen LogP contribution in [0, 0.1) is 39.8 Å². The smallest absolute Gasteiger partial charge is 0.497 e. The summed E-state index contributed by atoms with van der Waals surface area (Å²) in [5.74, 6) is 1.21. The molecule has 5 nitrogen and oxygen atoms in total. The second-order valence-corrected chi connectivity index (χ2v) is 13.5. The Morgan fingerprint density at radius 2 is 1.08 bits per heavy atom. The molecule has 0 N–H and O–H groups in total. The van der Waals surface area contributed by atoms with Crippen LogP contribution in [0.3, 0.4) is 0 Å². The number of pyridine rings is 2. The van der Waals surface area contributed by atoms with Crippen LogP contribution >= 0.6 is 0 Å². The maximum Gasteiger partial charge on any atom is 2.00 e. The first-order valence-electron chi connectivity index (χ1n) is 17.2. The summed E-state index contributed by atoms with van der Waals surface area (Å²) in [6, 6.07) is 41.6. The van der Waals surface area contributed by atoms with Crippen molar-refractivity contribution >= 4 is 54.6 Å². The van der Waals surface area contributed by atoms with Crippen molar-refractivity contribution in [1.29, 1.82) is 0 Å². The Morgan fingerprint density at radius 1 is 0.538 bits per heavy atom. The summed E-state index contributed by atoms with van der Waals surface area (Å²) in [5, 5.41) is 6.26. The number of hydrogen-bond acceptors (Lipinski definition) is 3. The van der Waals surface area contributed by atoms with Gasteiger partial charge in [0.25, 0.3) is 0 Å². The number of benzene rings is 6. The molecule has 52 heavy (non-hydrogen) atoms. The van der Waals surface area contributed by atoms with Gasteiger partial charge in [-0.25, -0.2) is 0 Å². The molecule has 0 atom stereocenters. The van der Waals surface area contributed by atoms with Crippen LogP contribution in [0.4, 0.5) is 0 Å². The van der Waals surface area contributed by atoms with Gasteiger partial charge < -0.3 is 13.5 Å². The van der Waals surface area contributed by atoms with Gasteiger partial charge in [-0.3, -0.25) is 9.97 Å². The zero-order valence-corrected chi connectivity index (χ0v) is 31.3. The number of aryl methyl sites for hydroxylation is 4. The van der Waals surface area contributed by atoms with Crippen LogP contribution in [0.1, 0.15) is 22.3 Å². The Balaban J connectivity index is 0.00000360. The van der Waals surface area contributed by atoms with Gasteiger partial charge in [0.05, 0.1) is 11.3 Å². The maximum absolute atomic E-state index is 6.51. The first-order valence-corrected chi connectivity index (χ1v) is 17.2. The molecule has 0 aliphatic carbocycles. The average molecular weight is 852 g/mol. The molecule has 0 radical (unpaired) electrons. The fourth-order valence-electron chi connectivity index (χ4n) is 8.19. The third-order valence-electron chi connectivity index (χ3n) is 10.4. The Hall–Kier alpha value is -5.77. The third kappa shape index (κ3) is 4.80. The van der Waals surface area contributed by atoms with Crippen molar-refractivity contribution in [2.45, 2.75) is 27.7 Å². The first kappa shape index (κ1) is 32.2. The van der Waals surface area contributed by atoms with Crippen LogP contribution in [0.2, 0.25) is 0 Å². The minimum atomic E-state index is 0. The summed E-state index contributed by atoms with van der Waals surface area (Å²) in [7, 11) is 0. The molecule has 4 aromatic heterocycles. The van der Waals surface area contributed by atoms with Gasteiger partial charge in [0.1, 0.15) is 0 Å². The Bertz CT molecular complexity index is 3020. The number of fused-ring (bicyclic) bond motifs is 12.